The number of carbonyl (C=O) groups excluding carboxylic acids is 3. The zero-order valence-corrected chi connectivity index (χ0v) is 18.8. The molecule has 2 aliphatic heterocycles. The number of carbonyl (C=O) groups is 3. The summed E-state index contributed by atoms with van der Waals surface area (Å²) in [5, 5.41) is 5.16. The third-order valence-corrected chi connectivity index (χ3v) is 7.06. The molecule has 1 unspecified atom stereocenters. The third-order valence-electron chi connectivity index (χ3n) is 7.06. The fraction of sp³-hybridized carbons (Fsp3) is 0.440. The SMILES string of the molecule is Cc1ccc(-c2cccc(N3CCN(C(=O)CCC4(C5CC5)NC(=O)NC4=O)CC3)c2)cn1. The molecule has 8 heteroatoms. The maximum atomic E-state index is 12.9. The molecule has 172 valence electrons. The molecule has 4 amide bonds. The predicted molar refractivity (Wildman–Crippen MR) is 125 cm³/mol. The first kappa shape index (κ1) is 21.4. The number of hydrogen-bond acceptors (Lipinski definition) is 5. The number of aromatic nitrogens is 1. The zero-order chi connectivity index (χ0) is 23.0. The third kappa shape index (κ3) is 4.29. The lowest BCUT2D eigenvalue weighted by Gasteiger charge is -2.37. The fourth-order valence-electron chi connectivity index (χ4n) is 4.95. The van der Waals surface area contributed by atoms with E-state index in [9.17, 15) is 14.4 Å². The summed E-state index contributed by atoms with van der Waals surface area (Å²) >= 11 is 0. The molecule has 1 atom stereocenters. The Morgan fingerprint density at radius 1 is 1.09 bits per heavy atom. The molecule has 8 nitrogen and oxygen atoms in total. The van der Waals surface area contributed by atoms with Crippen LogP contribution < -0.4 is 15.5 Å². The monoisotopic (exact) mass is 447 g/mol. The van der Waals surface area contributed by atoms with Gasteiger partial charge in [0, 0.05) is 55.7 Å². The number of hydrogen-bond donors (Lipinski definition) is 2. The minimum atomic E-state index is -0.903. The van der Waals surface area contributed by atoms with E-state index in [1.54, 1.807) is 0 Å². The number of amides is 4. The number of piperazine rings is 1. The van der Waals surface area contributed by atoms with Gasteiger partial charge in [-0.1, -0.05) is 18.2 Å². The molecule has 1 aromatic heterocycles. The molecule has 0 spiro atoms. The van der Waals surface area contributed by atoms with E-state index in [-0.39, 0.29) is 24.2 Å². The summed E-state index contributed by atoms with van der Waals surface area (Å²) in [6, 6.07) is 12.1. The zero-order valence-electron chi connectivity index (χ0n) is 18.8. The first-order valence-electron chi connectivity index (χ1n) is 11.6. The lowest BCUT2D eigenvalue weighted by atomic mass is 9.87. The van der Waals surface area contributed by atoms with Crippen LogP contribution in [0.4, 0.5) is 10.5 Å². The molecule has 2 N–H and O–H groups in total. The number of benzene rings is 1. The Hall–Kier alpha value is -3.42. The first-order valence-corrected chi connectivity index (χ1v) is 11.6. The summed E-state index contributed by atoms with van der Waals surface area (Å²) in [5.74, 6) is -0.0935. The van der Waals surface area contributed by atoms with E-state index in [2.05, 4.69) is 50.8 Å². The normalized spacial score (nSPS) is 22.8. The smallest absolute Gasteiger partial charge is 0.322 e. The minimum absolute atomic E-state index is 0.0445. The van der Waals surface area contributed by atoms with Crippen molar-refractivity contribution in [2.24, 2.45) is 5.92 Å². The van der Waals surface area contributed by atoms with Crippen LogP contribution in [0, 0.1) is 12.8 Å². The number of nitrogens with zero attached hydrogens (tertiary/aromatic N) is 3. The van der Waals surface area contributed by atoms with E-state index < -0.39 is 11.6 Å². The Morgan fingerprint density at radius 2 is 1.88 bits per heavy atom. The Morgan fingerprint density at radius 3 is 2.52 bits per heavy atom. The average Bonchev–Trinajstić information content (AvgIpc) is 3.64. The van der Waals surface area contributed by atoms with Gasteiger partial charge in [-0.05, 0) is 55.9 Å². The van der Waals surface area contributed by atoms with Gasteiger partial charge in [0.15, 0.2) is 0 Å². The van der Waals surface area contributed by atoms with Crippen molar-refractivity contribution in [1.82, 2.24) is 20.5 Å². The van der Waals surface area contributed by atoms with Gasteiger partial charge in [0.05, 0.1) is 0 Å². The molecule has 33 heavy (non-hydrogen) atoms. The largest absolute Gasteiger partial charge is 0.368 e. The predicted octanol–water partition coefficient (Wildman–Crippen LogP) is 2.47. The number of nitrogens with one attached hydrogen (secondary N) is 2. The molecule has 2 saturated heterocycles. The topological polar surface area (TPSA) is 94.6 Å². The molecule has 5 rings (SSSR count). The van der Waals surface area contributed by atoms with Gasteiger partial charge < -0.3 is 15.1 Å². The Labute approximate surface area is 193 Å². The van der Waals surface area contributed by atoms with Crippen molar-refractivity contribution < 1.29 is 14.4 Å². The Kier molecular flexibility index (Phi) is 5.52. The second-order valence-electron chi connectivity index (χ2n) is 9.26. The van der Waals surface area contributed by atoms with Gasteiger partial charge in [-0.25, -0.2) is 4.79 Å². The van der Waals surface area contributed by atoms with Crippen molar-refractivity contribution in [1.29, 1.82) is 0 Å². The summed E-state index contributed by atoms with van der Waals surface area (Å²) < 4.78 is 0. The maximum absolute atomic E-state index is 12.9. The quantitative estimate of drug-likeness (QED) is 0.664. The van der Waals surface area contributed by atoms with Gasteiger partial charge in [-0.15, -0.1) is 0 Å². The highest BCUT2D eigenvalue weighted by Crippen LogP contribution is 2.43. The molecule has 3 aliphatic rings. The van der Waals surface area contributed by atoms with Crippen molar-refractivity contribution in [3.8, 4) is 11.1 Å². The highest BCUT2D eigenvalue weighted by Gasteiger charge is 2.55. The molecule has 2 aromatic rings. The van der Waals surface area contributed by atoms with E-state index in [1.807, 2.05) is 24.1 Å². The van der Waals surface area contributed by atoms with E-state index >= 15 is 0 Å². The Balaban J connectivity index is 1.18. The molecule has 1 aromatic carbocycles. The highest BCUT2D eigenvalue weighted by molar-refractivity contribution is 6.07. The van der Waals surface area contributed by atoms with E-state index in [0.29, 0.717) is 19.5 Å². The van der Waals surface area contributed by atoms with Crippen LogP contribution in [0.15, 0.2) is 42.6 Å². The summed E-state index contributed by atoms with van der Waals surface area (Å²) in [7, 11) is 0. The summed E-state index contributed by atoms with van der Waals surface area (Å²) in [4.78, 5) is 45.6. The fourth-order valence-corrected chi connectivity index (χ4v) is 4.95. The first-order chi connectivity index (χ1) is 15.9. The second kappa shape index (κ2) is 8.50. The lowest BCUT2D eigenvalue weighted by Crippen LogP contribution is -2.51. The van der Waals surface area contributed by atoms with Crippen molar-refractivity contribution in [3.05, 3.63) is 48.3 Å². The molecular formula is C25H29N5O3. The number of anilines is 1. The average molecular weight is 448 g/mol. The van der Waals surface area contributed by atoms with Gasteiger partial charge in [0.1, 0.15) is 5.54 Å². The van der Waals surface area contributed by atoms with Crippen LogP contribution in [0.1, 0.15) is 31.4 Å². The molecular weight excluding hydrogens is 418 g/mol. The van der Waals surface area contributed by atoms with Gasteiger partial charge >= 0.3 is 6.03 Å². The van der Waals surface area contributed by atoms with E-state index in [0.717, 1.165) is 48.4 Å². The van der Waals surface area contributed by atoms with Crippen molar-refractivity contribution in [3.63, 3.8) is 0 Å². The van der Waals surface area contributed by atoms with Gasteiger partial charge in [0.25, 0.3) is 5.91 Å². The van der Waals surface area contributed by atoms with Gasteiger partial charge in [-0.3, -0.25) is 19.9 Å². The summed E-state index contributed by atoms with van der Waals surface area (Å²) in [6.45, 7) is 4.78. The number of aryl methyl sites for hydroxylation is 1. The molecule has 1 saturated carbocycles. The summed E-state index contributed by atoms with van der Waals surface area (Å²) in [6.07, 6.45) is 4.35. The van der Waals surface area contributed by atoms with Crippen LogP contribution in [0.25, 0.3) is 11.1 Å². The lowest BCUT2D eigenvalue weighted by molar-refractivity contribution is -0.132. The van der Waals surface area contributed by atoms with Crippen molar-refractivity contribution >= 4 is 23.5 Å². The Bertz CT molecular complexity index is 1070. The molecule has 1 aliphatic carbocycles. The summed E-state index contributed by atoms with van der Waals surface area (Å²) in [5.41, 5.74) is 3.44. The van der Waals surface area contributed by atoms with Crippen LogP contribution in [0.3, 0.4) is 0 Å². The number of rotatable bonds is 6. The van der Waals surface area contributed by atoms with Crippen molar-refractivity contribution in [2.75, 3.05) is 31.1 Å². The second-order valence-corrected chi connectivity index (χ2v) is 9.26. The molecule has 0 bridgehead atoms. The van der Waals surface area contributed by atoms with Crippen LogP contribution in [0.5, 0.6) is 0 Å². The van der Waals surface area contributed by atoms with E-state index in [1.165, 1.54) is 0 Å². The number of imide groups is 1. The molecule has 3 heterocycles. The van der Waals surface area contributed by atoms with Gasteiger partial charge in [-0.2, -0.15) is 0 Å². The minimum Gasteiger partial charge on any atom is -0.368 e. The van der Waals surface area contributed by atoms with Crippen LogP contribution >= 0.6 is 0 Å². The molecule has 3 fully saturated rings. The van der Waals surface area contributed by atoms with Crippen LogP contribution in [0.2, 0.25) is 0 Å². The number of pyridine rings is 1. The number of urea groups is 1. The molecule has 0 radical (unpaired) electrons. The van der Waals surface area contributed by atoms with Crippen molar-refractivity contribution in [2.45, 2.75) is 38.1 Å². The standard InChI is InChI=1S/C25H29N5O3/c1-17-5-6-19(16-26-17)18-3-2-4-21(15-18)29-11-13-30(14-12-29)22(31)9-10-25(20-7-8-20)23(32)27-24(33)28-25/h2-6,15-16,20H,7-14H2,1H3,(H2,27,28,32,33). The van der Waals surface area contributed by atoms with Gasteiger partial charge in [0.2, 0.25) is 5.91 Å². The van der Waals surface area contributed by atoms with Crippen LogP contribution in [-0.2, 0) is 9.59 Å². The van der Waals surface area contributed by atoms with E-state index in [4.69, 9.17) is 0 Å². The maximum Gasteiger partial charge on any atom is 0.322 e. The highest BCUT2D eigenvalue weighted by atomic mass is 16.2. The van der Waals surface area contributed by atoms with Crippen LogP contribution in [-0.4, -0.2) is 59.4 Å².